The second-order valence-electron chi connectivity index (χ2n) is 6.70. The number of benzene rings is 2. The highest BCUT2D eigenvalue weighted by Gasteiger charge is 2.12. The molecule has 0 aliphatic carbocycles. The maximum atomic E-state index is 13.9. The third kappa shape index (κ3) is 6.16. The molecule has 6 nitrogen and oxygen atoms in total. The van der Waals surface area contributed by atoms with E-state index >= 15 is 0 Å². The summed E-state index contributed by atoms with van der Waals surface area (Å²) in [5.74, 6) is -1.57. The lowest BCUT2D eigenvalue weighted by Gasteiger charge is -2.15. The molecule has 0 unspecified atom stereocenters. The van der Waals surface area contributed by atoms with E-state index in [1.54, 1.807) is 31.4 Å². The van der Waals surface area contributed by atoms with Crippen molar-refractivity contribution in [1.29, 1.82) is 0 Å². The molecule has 3 aromatic rings. The summed E-state index contributed by atoms with van der Waals surface area (Å²) < 4.78 is 38.3. The van der Waals surface area contributed by atoms with Gasteiger partial charge in [-0.25, -0.2) is 13.8 Å². The SMILES string of the molecule is COC[C@H](C)Oc1cc(C=Cc2cccc(F)c2F)cc(C(=O)Nc2cnccn2)c1. The van der Waals surface area contributed by atoms with Crippen LogP contribution in [0.5, 0.6) is 5.75 Å². The third-order valence-corrected chi connectivity index (χ3v) is 4.17. The van der Waals surface area contributed by atoms with Gasteiger partial charge in [-0.15, -0.1) is 0 Å². The lowest BCUT2D eigenvalue weighted by Crippen LogP contribution is -2.19. The predicted molar refractivity (Wildman–Crippen MR) is 114 cm³/mol. The van der Waals surface area contributed by atoms with Crippen molar-refractivity contribution in [3.63, 3.8) is 0 Å². The summed E-state index contributed by atoms with van der Waals surface area (Å²) in [6.07, 6.45) is 7.12. The number of nitrogens with zero attached hydrogens (tertiary/aromatic N) is 2. The average Bonchev–Trinajstić information content (AvgIpc) is 2.75. The van der Waals surface area contributed by atoms with Crippen LogP contribution in [0.2, 0.25) is 0 Å². The largest absolute Gasteiger partial charge is 0.488 e. The van der Waals surface area contributed by atoms with Crippen LogP contribution < -0.4 is 10.1 Å². The van der Waals surface area contributed by atoms with E-state index in [1.807, 2.05) is 6.92 Å². The maximum Gasteiger partial charge on any atom is 0.257 e. The molecule has 1 aromatic heterocycles. The number of carbonyl (C=O) groups excluding carboxylic acids is 1. The van der Waals surface area contributed by atoms with E-state index in [1.165, 1.54) is 36.8 Å². The molecule has 1 N–H and O–H groups in total. The van der Waals surface area contributed by atoms with Gasteiger partial charge >= 0.3 is 0 Å². The maximum absolute atomic E-state index is 13.9. The minimum atomic E-state index is -0.944. The van der Waals surface area contributed by atoms with Crippen molar-refractivity contribution in [2.45, 2.75) is 13.0 Å². The summed E-state index contributed by atoms with van der Waals surface area (Å²) >= 11 is 0. The molecule has 1 heterocycles. The second-order valence-corrected chi connectivity index (χ2v) is 6.70. The van der Waals surface area contributed by atoms with E-state index in [2.05, 4.69) is 15.3 Å². The summed E-state index contributed by atoms with van der Waals surface area (Å²) in [6.45, 7) is 2.18. The molecular weight excluding hydrogens is 404 g/mol. The molecule has 8 heteroatoms. The summed E-state index contributed by atoms with van der Waals surface area (Å²) in [5.41, 5.74) is 0.951. The van der Waals surface area contributed by atoms with Gasteiger partial charge in [0, 0.05) is 30.6 Å². The van der Waals surface area contributed by atoms with Crippen LogP contribution in [0, 0.1) is 11.6 Å². The number of carbonyl (C=O) groups is 1. The first-order chi connectivity index (χ1) is 15.0. The first kappa shape index (κ1) is 22.0. The fourth-order valence-electron chi connectivity index (χ4n) is 2.81. The van der Waals surface area contributed by atoms with Gasteiger partial charge in [0.05, 0.1) is 12.8 Å². The van der Waals surface area contributed by atoms with Gasteiger partial charge in [-0.1, -0.05) is 24.3 Å². The number of hydrogen-bond donors (Lipinski definition) is 1. The molecule has 0 spiro atoms. The van der Waals surface area contributed by atoms with Crippen molar-refractivity contribution in [3.8, 4) is 5.75 Å². The first-order valence-corrected chi connectivity index (χ1v) is 9.46. The minimum absolute atomic E-state index is 0.0876. The lowest BCUT2D eigenvalue weighted by molar-refractivity contribution is 0.0917. The van der Waals surface area contributed by atoms with Crippen molar-refractivity contribution in [2.24, 2.45) is 0 Å². The molecule has 1 atom stereocenters. The van der Waals surface area contributed by atoms with Crippen LogP contribution in [0.1, 0.15) is 28.4 Å². The fraction of sp³-hybridized carbons (Fsp3) is 0.174. The summed E-state index contributed by atoms with van der Waals surface area (Å²) in [5, 5.41) is 2.66. The molecular formula is C23H21F2N3O3. The van der Waals surface area contributed by atoms with Gasteiger partial charge in [0.15, 0.2) is 17.5 Å². The number of rotatable bonds is 8. The van der Waals surface area contributed by atoms with Gasteiger partial charge in [0.2, 0.25) is 0 Å². The number of nitrogens with one attached hydrogen (secondary N) is 1. The summed E-state index contributed by atoms with van der Waals surface area (Å²) in [4.78, 5) is 20.6. The molecule has 0 radical (unpaired) electrons. The topological polar surface area (TPSA) is 73.3 Å². The zero-order valence-electron chi connectivity index (χ0n) is 17.0. The quantitative estimate of drug-likeness (QED) is 0.535. The van der Waals surface area contributed by atoms with E-state index < -0.39 is 17.5 Å². The van der Waals surface area contributed by atoms with Gasteiger partial charge in [0.25, 0.3) is 5.91 Å². The van der Waals surface area contributed by atoms with E-state index in [0.717, 1.165) is 6.07 Å². The average molecular weight is 425 g/mol. The molecule has 0 bridgehead atoms. The third-order valence-electron chi connectivity index (χ3n) is 4.17. The van der Waals surface area contributed by atoms with Crippen LogP contribution in [0.25, 0.3) is 12.2 Å². The Morgan fingerprint density at radius 3 is 2.77 bits per heavy atom. The minimum Gasteiger partial charge on any atom is -0.488 e. The van der Waals surface area contributed by atoms with Crippen LogP contribution in [0.3, 0.4) is 0 Å². The summed E-state index contributed by atoms with van der Waals surface area (Å²) in [6, 6.07) is 8.80. The van der Waals surface area contributed by atoms with Crippen LogP contribution in [0.4, 0.5) is 14.6 Å². The number of halogens is 2. The number of methoxy groups -OCH3 is 1. The Labute approximate surface area is 178 Å². The van der Waals surface area contributed by atoms with E-state index in [-0.39, 0.29) is 11.7 Å². The fourth-order valence-corrected chi connectivity index (χ4v) is 2.81. The zero-order chi connectivity index (χ0) is 22.2. The standard InChI is InChI=1S/C23H21F2N3O3/c1-15(14-30-2)31-19-11-16(6-7-17-4-3-5-20(24)22(17)25)10-18(12-19)23(29)28-21-13-26-8-9-27-21/h3-13,15H,14H2,1-2H3,(H,27,28,29)/t15-/m0/s1. The molecule has 160 valence electrons. The highest BCUT2D eigenvalue weighted by molar-refractivity contribution is 6.04. The zero-order valence-corrected chi connectivity index (χ0v) is 17.0. The van der Waals surface area contributed by atoms with Crippen LogP contribution >= 0.6 is 0 Å². The van der Waals surface area contributed by atoms with Crippen molar-refractivity contribution in [1.82, 2.24) is 9.97 Å². The Balaban J connectivity index is 1.91. The van der Waals surface area contributed by atoms with Gasteiger partial charge in [0.1, 0.15) is 11.9 Å². The van der Waals surface area contributed by atoms with E-state index in [4.69, 9.17) is 9.47 Å². The molecule has 0 saturated heterocycles. The van der Waals surface area contributed by atoms with Crippen LogP contribution in [-0.2, 0) is 4.74 Å². The Hall–Kier alpha value is -3.65. The molecule has 31 heavy (non-hydrogen) atoms. The van der Waals surface area contributed by atoms with Gasteiger partial charge < -0.3 is 14.8 Å². The second kappa shape index (κ2) is 10.4. The molecule has 2 aromatic carbocycles. The smallest absolute Gasteiger partial charge is 0.257 e. The first-order valence-electron chi connectivity index (χ1n) is 9.46. The number of ether oxygens (including phenoxy) is 2. The molecule has 0 aliphatic rings. The van der Waals surface area contributed by atoms with Crippen molar-refractivity contribution >= 4 is 23.9 Å². The molecule has 0 saturated carbocycles. The van der Waals surface area contributed by atoms with E-state index in [9.17, 15) is 13.6 Å². The Kier molecular flexibility index (Phi) is 7.40. The number of anilines is 1. The molecule has 0 fully saturated rings. The summed E-state index contributed by atoms with van der Waals surface area (Å²) in [7, 11) is 1.56. The lowest BCUT2D eigenvalue weighted by atomic mass is 10.1. The normalized spacial score (nSPS) is 12.0. The number of hydrogen-bond acceptors (Lipinski definition) is 5. The van der Waals surface area contributed by atoms with Gasteiger partial charge in [-0.05, 0) is 36.8 Å². The van der Waals surface area contributed by atoms with Crippen molar-refractivity contribution in [3.05, 3.63) is 83.3 Å². The van der Waals surface area contributed by atoms with E-state index in [0.29, 0.717) is 29.3 Å². The Morgan fingerprint density at radius 1 is 1.19 bits per heavy atom. The number of amides is 1. The van der Waals surface area contributed by atoms with Crippen molar-refractivity contribution < 1.29 is 23.0 Å². The van der Waals surface area contributed by atoms with Crippen molar-refractivity contribution in [2.75, 3.05) is 19.0 Å². The Morgan fingerprint density at radius 2 is 2.03 bits per heavy atom. The molecule has 0 aliphatic heterocycles. The predicted octanol–water partition coefficient (Wildman–Crippen LogP) is 4.59. The highest BCUT2D eigenvalue weighted by atomic mass is 19.2. The van der Waals surface area contributed by atoms with Gasteiger partial charge in [-0.2, -0.15) is 0 Å². The Bertz CT molecular complexity index is 1070. The monoisotopic (exact) mass is 425 g/mol. The van der Waals surface area contributed by atoms with Crippen LogP contribution in [-0.4, -0.2) is 35.7 Å². The highest BCUT2D eigenvalue weighted by Crippen LogP contribution is 2.22. The van der Waals surface area contributed by atoms with Gasteiger partial charge in [-0.3, -0.25) is 9.78 Å². The molecule has 3 rings (SSSR count). The van der Waals surface area contributed by atoms with Crippen LogP contribution in [0.15, 0.2) is 55.0 Å². The number of aromatic nitrogens is 2. The molecule has 1 amide bonds.